The van der Waals surface area contributed by atoms with Crippen LogP contribution >= 0.6 is 0 Å². The third kappa shape index (κ3) is 3.44. The molecule has 2 amide bonds. The van der Waals surface area contributed by atoms with Crippen molar-refractivity contribution in [2.45, 2.75) is 38.5 Å². The SMILES string of the molecule is N#Cc1ccc(C(=O)N2CCC[C@]3(CCC(=O)N(CC4CC4)C3)C2)cn1. The lowest BCUT2D eigenvalue weighted by Gasteiger charge is -2.48. The van der Waals surface area contributed by atoms with Crippen LogP contribution in [0.3, 0.4) is 0 Å². The highest BCUT2D eigenvalue weighted by atomic mass is 16.2. The molecule has 2 saturated heterocycles. The lowest BCUT2D eigenvalue weighted by Crippen LogP contribution is -2.55. The summed E-state index contributed by atoms with van der Waals surface area (Å²) in [5.41, 5.74) is 0.887. The zero-order chi connectivity index (χ0) is 18.1. The van der Waals surface area contributed by atoms with E-state index in [9.17, 15) is 9.59 Å². The van der Waals surface area contributed by atoms with Crippen molar-refractivity contribution < 1.29 is 9.59 Å². The van der Waals surface area contributed by atoms with Crippen LogP contribution in [0.2, 0.25) is 0 Å². The van der Waals surface area contributed by atoms with Gasteiger partial charge < -0.3 is 9.80 Å². The minimum absolute atomic E-state index is 0.0216. The van der Waals surface area contributed by atoms with Gasteiger partial charge >= 0.3 is 0 Å². The first-order valence-electron chi connectivity index (χ1n) is 9.52. The normalized spacial score (nSPS) is 26.0. The van der Waals surface area contributed by atoms with Crippen molar-refractivity contribution >= 4 is 11.8 Å². The van der Waals surface area contributed by atoms with Crippen LogP contribution in [0.15, 0.2) is 18.3 Å². The van der Waals surface area contributed by atoms with Crippen molar-refractivity contribution in [3.05, 3.63) is 29.6 Å². The number of aromatic nitrogens is 1. The Morgan fingerprint density at radius 1 is 1.31 bits per heavy atom. The monoisotopic (exact) mass is 352 g/mol. The molecule has 1 aliphatic carbocycles. The highest BCUT2D eigenvalue weighted by Crippen LogP contribution is 2.41. The van der Waals surface area contributed by atoms with Gasteiger partial charge in [-0.05, 0) is 50.2 Å². The average molecular weight is 352 g/mol. The number of carbonyl (C=O) groups is 2. The van der Waals surface area contributed by atoms with Crippen LogP contribution < -0.4 is 0 Å². The van der Waals surface area contributed by atoms with Crippen LogP contribution in [0.4, 0.5) is 0 Å². The molecule has 0 unspecified atom stereocenters. The van der Waals surface area contributed by atoms with E-state index in [1.54, 1.807) is 12.1 Å². The molecular weight excluding hydrogens is 328 g/mol. The zero-order valence-corrected chi connectivity index (χ0v) is 15.0. The second-order valence-electron chi connectivity index (χ2n) is 8.09. The molecule has 6 heteroatoms. The van der Waals surface area contributed by atoms with Gasteiger partial charge in [0.25, 0.3) is 5.91 Å². The second-order valence-corrected chi connectivity index (χ2v) is 8.09. The number of amides is 2. The number of nitrogens with zero attached hydrogens (tertiary/aromatic N) is 4. The van der Waals surface area contributed by atoms with E-state index in [1.807, 2.05) is 11.0 Å². The van der Waals surface area contributed by atoms with Crippen LogP contribution in [-0.4, -0.2) is 52.8 Å². The summed E-state index contributed by atoms with van der Waals surface area (Å²) in [6.07, 6.45) is 7.51. The molecule has 1 atom stereocenters. The molecule has 3 fully saturated rings. The van der Waals surface area contributed by atoms with Crippen molar-refractivity contribution in [1.29, 1.82) is 5.26 Å². The lowest BCUT2D eigenvalue weighted by molar-refractivity contribution is -0.139. The van der Waals surface area contributed by atoms with E-state index in [-0.39, 0.29) is 17.2 Å². The number of pyridine rings is 1. The maximum absolute atomic E-state index is 12.9. The molecule has 3 heterocycles. The molecule has 3 aliphatic rings. The van der Waals surface area contributed by atoms with Gasteiger partial charge in [-0.3, -0.25) is 9.59 Å². The summed E-state index contributed by atoms with van der Waals surface area (Å²) in [5.74, 6) is 0.953. The van der Waals surface area contributed by atoms with Gasteiger partial charge in [0.15, 0.2) is 0 Å². The molecule has 6 nitrogen and oxygen atoms in total. The second kappa shape index (κ2) is 6.71. The van der Waals surface area contributed by atoms with Crippen molar-refractivity contribution in [1.82, 2.24) is 14.8 Å². The van der Waals surface area contributed by atoms with Crippen molar-refractivity contribution in [3.8, 4) is 6.07 Å². The van der Waals surface area contributed by atoms with Crippen molar-refractivity contribution in [3.63, 3.8) is 0 Å². The topological polar surface area (TPSA) is 77.3 Å². The summed E-state index contributed by atoms with van der Waals surface area (Å²) in [6.45, 7) is 3.14. The predicted octanol–water partition coefficient (Wildman–Crippen LogP) is 2.21. The number of likely N-dealkylation sites (tertiary alicyclic amines) is 2. The van der Waals surface area contributed by atoms with Gasteiger partial charge in [0.1, 0.15) is 11.8 Å². The molecule has 1 aromatic heterocycles. The summed E-state index contributed by atoms with van der Waals surface area (Å²) in [4.78, 5) is 33.2. The standard InChI is InChI=1S/C20H24N4O2/c21-10-17-5-4-16(11-22-17)19(26)23-9-1-7-20(13-23)8-6-18(25)24(14-20)12-15-2-3-15/h4-5,11,15H,1-3,6-9,12-14H2/t20-/m0/s1. The third-order valence-electron chi connectivity index (χ3n) is 6.00. The molecule has 1 spiro atoms. The van der Waals surface area contributed by atoms with Crippen molar-refractivity contribution in [2.24, 2.45) is 11.3 Å². The van der Waals surface area contributed by atoms with Crippen LogP contribution in [0.1, 0.15) is 54.6 Å². The number of rotatable bonds is 3. The predicted molar refractivity (Wildman–Crippen MR) is 95.1 cm³/mol. The molecule has 0 aromatic carbocycles. The Labute approximate surface area is 153 Å². The quantitative estimate of drug-likeness (QED) is 0.836. The number of hydrogen-bond acceptors (Lipinski definition) is 4. The molecule has 4 rings (SSSR count). The Balaban J connectivity index is 1.46. The van der Waals surface area contributed by atoms with E-state index in [0.717, 1.165) is 38.9 Å². The summed E-state index contributed by atoms with van der Waals surface area (Å²) in [7, 11) is 0. The molecule has 1 aromatic rings. The Hall–Kier alpha value is -2.42. The van der Waals surface area contributed by atoms with Gasteiger partial charge in [-0.15, -0.1) is 0 Å². The van der Waals surface area contributed by atoms with E-state index in [0.29, 0.717) is 30.1 Å². The summed E-state index contributed by atoms with van der Waals surface area (Å²) >= 11 is 0. The zero-order valence-electron chi connectivity index (χ0n) is 15.0. The minimum Gasteiger partial charge on any atom is -0.342 e. The molecule has 2 aliphatic heterocycles. The maximum atomic E-state index is 12.9. The van der Waals surface area contributed by atoms with Gasteiger partial charge in [0.2, 0.25) is 5.91 Å². The van der Waals surface area contributed by atoms with E-state index >= 15 is 0 Å². The summed E-state index contributed by atoms with van der Waals surface area (Å²) < 4.78 is 0. The fourth-order valence-electron chi connectivity index (χ4n) is 4.36. The van der Waals surface area contributed by atoms with E-state index in [1.165, 1.54) is 19.0 Å². The van der Waals surface area contributed by atoms with E-state index in [4.69, 9.17) is 5.26 Å². The molecule has 26 heavy (non-hydrogen) atoms. The molecule has 1 saturated carbocycles. The molecule has 0 N–H and O–H groups in total. The van der Waals surface area contributed by atoms with Crippen LogP contribution in [-0.2, 0) is 4.79 Å². The fourth-order valence-corrected chi connectivity index (χ4v) is 4.36. The lowest BCUT2D eigenvalue weighted by atomic mass is 9.73. The first kappa shape index (κ1) is 17.0. The Morgan fingerprint density at radius 2 is 2.15 bits per heavy atom. The summed E-state index contributed by atoms with van der Waals surface area (Å²) in [6, 6.07) is 5.24. The maximum Gasteiger partial charge on any atom is 0.255 e. The van der Waals surface area contributed by atoms with Gasteiger partial charge in [-0.1, -0.05) is 0 Å². The Kier molecular flexibility index (Phi) is 4.39. The molecule has 0 bridgehead atoms. The largest absolute Gasteiger partial charge is 0.342 e. The van der Waals surface area contributed by atoms with Crippen molar-refractivity contribution in [2.75, 3.05) is 26.2 Å². The number of hydrogen-bond donors (Lipinski definition) is 0. The van der Waals surface area contributed by atoms with Gasteiger partial charge in [0, 0.05) is 44.2 Å². The number of piperidine rings is 2. The highest BCUT2D eigenvalue weighted by Gasteiger charge is 2.43. The average Bonchev–Trinajstić information content (AvgIpc) is 3.49. The molecule has 136 valence electrons. The van der Waals surface area contributed by atoms with Gasteiger partial charge in [0.05, 0.1) is 5.56 Å². The smallest absolute Gasteiger partial charge is 0.255 e. The van der Waals surface area contributed by atoms with E-state index < -0.39 is 0 Å². The molecular formula is C20H24N4O2. The third-order valence-corrected chi connectivity index (χ3v) is 6.00. The number of carbonyl (C=O) groups excluding carboxylic acids is 2. The van der Waals surface area contributed by atoms with Crippen LogP contribution in [0.25, 0.3) is 0 Å². The minimum atomic E-state index is -0.0216. The number of nitriles is 1. The first-order chi connectivity index (χ1) is 12.6. The van der Waals surface area contributed by atoms with Crippen LogP contribution in [0.5, 0.6) is 0 Å². The van der Waals surface area contributed by atoms with Crippen LogP contribution in [0, 0.1) is 22.7 Å². The van der Waals surface area contributed by atoms with Gasteiger partial charge in [-0.25, -0.2) is 4.98 Å². The highest BCUT2D eigenvalue weighted by molar-refractivity contribution is 5.94. The summed E-state index contributed by atoms with van der Waals surface area (Å²) in [5, 5.41) is 8.85. The fraction of sp³-hybridized carbons (Fsp3) is 0.600. The molecule has 0 radical (unpaired) electrons. The Bertz CT molecular complexity index is 750. The first-order valence-corrected chi connectivity index (χ1v) is 9.52. The van der Waals surface area contributed by atoms with Gasteiger partial charge in [-0.2, -0.15) is 5.26 Å². The Morgan fingerprint density at radius 3 is 2.85 bits per heavy atom. The van der Waals surface area contributed by atoms with E-state index in [2.05, 4.69) is 9.88 Å².